The van der Waals surface area contributed by atoms with Gasteiger partial charge in [-0.1, -0.05) is 12.1 Å². The number of aromatic nitrogens is 3. The maximum Gasteiger partial charge on any atom is 0.229 e. The Hall–Kier alpha value is -2.57. The number of hydrogen-bond donors (Lipinski definition) is 2. The van der Waals surface area contributed by atoms with Crippen LogP contribution >= 0.6 is 0 Å². The number of nitrogens with two attached hydrogens (primary N) is 2. The summed E-state index contributed by atoms with van der Waals surface area (Å²) in [6, 6.07) is 6.02. The first-order valence-corrected chi connectivity index (χ1v) is 6.84. The van der Waals surface area contributed by atoms with Gasteiger partial charge in [0.2, 0.25) is 11.9 Å². The lowest BCUT2D eigenvalue weighted by Crippen LogP contribution is -2.24. The summed E-state index contributed by atoms with van der Waals surface area (Å²) in [5, 5.41) is 0. The summed E-state index contributed by atoms with van der Waals surface area (Å²) in [6.07, 6.45) is 0.988. The number of nitrogen functional groups attached to an aromatic ring is 2. The molecule has 2 heterocycles. The van der Waals surface area contributed by atoms with Crippen LogP contribution in [0.4, 0.5) is 23.3 Å². The van der Waals surface area contributed by atoms with Crippen LogP contribution < -0.4 is 21.3 Å². The molecule has 3 rings (SSSR count). The van der Waals surface area contributed by atoms with E-state index in [9.17, 15) is 0 Å². The third-order valence-corrected chi connectivity index (χ3v) is 3.54. The van der Waals surface area contributed by atoms with Crippen LogP contribution in [0.3, 0.4) is 0 Å². The summed E-state index contributed by atoms with van der Waals surface area (Å²) in [5.74, 6) is 1.46. The molecule has 1 aliphatic heterocycles. The number of anilines is 4. The number of para-hydroxylation sites is 1. The molecule has 0 radical (unpaired) electrons. The van der Waals surface area contributed by atoms with Crippen LogP contribution in [-0.2, 0) is 13.0 Å². The number of benzene rings is 1. The quantitative estimate of drug-likeness (QED) is 0.800. The van der Waals surface area contributed by atoms with Crippen molar-refractivity contribution in [3.05, 3.63) is 29.6 Å². The van der Waals surface area contributed by atoms with Crippen LogP contribution in [0.15, 0.2) is 18.2 Å². The molecule has 0 amide bonds. The molecule has 0 saturated heterocycles. The standard InChI is InChI=1S/C14H19N7/c1-20(2)14-18-11(17-13(16)19-14)8-21-7-6-9-4-3-5-10(15)12(9)21/h3-5H,6-8,15H2,1-2H3,(H2,16,17,18,19). The second kappa shape index (κ2) is 5.08. The van der Waals surface area contributed by atoms with Crippen molar-refractivity contribution >= 4 is 23.3 Å². The SMILES string of the molecule is CN(C)c1nc(N)nc(CN2CCc3cccc(N)c32)n1. The number of hydrogen-bond acceptors (Lipinski definition) is 7. The van der Waals surface area contributed by atoms with E-state index in [2.05, 4.69) is 25.9 Å². The van der Waals surface area contributed by atoms with E-state index in [-0.39, 0.29) is 5.95 Å². The van der Waals surface area contributed by atoms with Crippen molar-refractivity contribution < 1.29 is 0 Å². The fourth-order valence-corrected chi connectivity index (χ4v) is 2.59. The molecule has 0 bridgehead atoms. The molecule has 21 heavy (non-hydrogen) atoms. The van der Waals surface area contributed by atoms with Gasteiger partial charge in [0.05, 0.1) is 17.9 Å². The van der Waals surface area contributed by atoms with Crippen molar-refractivity contribution in [1.29, 1.82) is 0 Å². The zero-order chi connectivity index (χ0) is 15.0. The average Bonchev–Trinajstić information content (AvgIpc) is 2.82. The maximum atomic E-state index is 6.10. The van der Waals surface area contributed by atoms with Gasteiger partial charge in [-0.15, -0.1) is 0 Å². The zero-order valence-electron chi connectivity index (χ0n) is 12.2. The molecule has 4 N–H and O–H groups in total. The fraction of sp³-hybridized carbons (Fsp3) is 0.357. The van der Waals surface area contributed by atoms with Crippen LogP contribution in [-0.4, -0.2) is 35.6 Å². The van der Waals surface area contributed by atoms with E-state index in [1.54, 1.807) is 0 Å². The Balaban J connectivity index is 1.90. The molecule has 1 aromatic heterocycles. The molecule has 7 nitrogen and oxygen atoms in total. The van der Waals surface area contributed by atoms with Crippen molar-refractivity contribution in [1.82, 2.24) is 15.0 Å². The minimum Gasteiger partial charge on any atom is -0.397 e. The highest BCUT2D eigenvalue weighted by molar-refractivity contribution is 5.74. The first-order valence-electron chi connectivity index (χ1n) is 6.84. The Morgan fingerprint density at radius 1 is 1.19 bits per heavy atom. The number of nitrogens with zero attached hydrogens (tertiary/aromatic N) is 5. The van der Waals surface area contributed by atoms with E-state index in [1.807, 2.05) is 31.1 Å². The van der Waals surface area contributed by atoms with Gasteiger partial charge in [0.1, 0.15) is 0 Å². The van der Waals surface area contributed by atoms with Crippen molar-refractivity contribution in [2.24, 2.45) is 0 Å². The van der Waals surface area contributed by atoms with E-state index in [0.29, 0.717) is 18.3 Å². The smallest absolute Gasteiger partial charge is 0.229 e. The highest BCUT2D eigenvalue weighted by Gasteiger charge is 2.22. The summed E-state index contributed by atoms with van der Waals surface area (Å²) in [5.41, 5.74) is 15.0. The Labute approximate surface area is 123 Å². The molecule has 0 saturated carbocycles. The van der Waals surface area contributed by atoms with Gasteiger partial charge in [-0.25, -0.2) is 0 Å². The third-order valence-electron chi connectivity index (χ3n) is 3.54. The van der Waals surface area contributed by atoms with Gasteiger partial charge < -0.3 is 21.3 Å². The second-order valence-corrected chi connectivity index (χ2v) is 5.33. The Bertz CT molecular complexity index is 668. The van der Waals surface area contributed by atoms with Crippen molar-refractivity contribution in [2.75, 3.05) is 41.9 Å². The van der Waals surface area contributed by atoms with Crippen LogP contribution in [0.25, 0.3) is 0 Å². The van der Waals surface area contributed by atoms with E-state index in [4.69, 9.17) is 11.5 Å². The van der Waals surface area contributed by atoms with E-state index in [0.717, 1.165) is 24.3 Å². The molecule has 1 aliphatic rings. The Morgan fingerprint density at radius 3 is 2.76 bits per heavy atom. The molecule has 0 fully saturated rings. The zero-order valence-corrected chi connectivity index (χ0v) is 12.2. The summed E-state index contributed by atoms with van der Waals surface area (Å²) in [4.78, 5) is 16.8. The monoisotopic (exact) mass is 285 g/mol. The largest absolute Gasteiger partial charge is 0.397 e. The molecule has 110 valence electrons. The third kappa shape index (κ3) is 2.54. The van der Waals surface area contributed by atoms with Gasteiger partial charge >= 0.3 is 0 Å². The van der Waals surface area contributed by atoms with Crippen molar-refractivity contribution in [3.8, 4) is 0 Å². The predicted molar refractivity (Wildman–Crippen MR) is 84.2 cm³/mol. The summed E-state index contributed by atoms with van der Waals surface area (Å²) in [7, 11) is 3.75. The molecule has 0 unspecified atom stereocenters. The van der Waals surface area contributed by atoms with E-state index in [1.165, 1.54) is 5.56 Å². The molecule has 0 atom stereocenters. The van der Waals surface area contributed by atoms with Crippen molar-refractivity contribution in [3.63, 3.8) is 0 Å². The van der Waals surface area contributed by atoms with Crippen LogP contribution in [0.1, 0.15) is 11.4 Å². The molecule has 0 spiro atoms. The van der Waals surface area contributed by atoms with Gasteiger partial charge in [-0.3, -0.25) is 0 Å². The second-order valence-electron chi connectivity index (χ2n) is 5.33. The molecular weight excluding hydrogens is 266 g/mol. The minimum absolute atomic E-state index is 0.240. The van der Waals surface area contributed by atoms with Gasteiger partial charge in [-0.05, 0) is 18.1 Å². The lowest BCUT2D eigenvalue weighted by Gasteiger charge is -2.20. The fourth-order valence-electron chi connectivity index (χ4n) is 2.59. The molecule has 2 aromatic rings. The van der Waals surface area contributed by atoms with Crippen LogP contribution in [0.2, 0.25) is 0 Å². The molecule has 7 heteroatoms. The van der Waals surface area contributed by atoms with Crippen LogP contribution in [0.5, 0.6) is 0 Å². The first kappa shape index (κ1) is 13.4. The minimum atomic E-state index is 0.240. The molecule has 0 aliphatic carbocycles. The molecule has 1 aromatic carbocycles. The average molecular weight is 285 g/mol. The van der Waals surface area contributed by atoms with Gasteiger partial charge in [0.15, 0.2) is 5.82 Å². The predicted octanol–water partition coefficient (Wildman–Crippen LogP) is 0.665. The van der Waals surface area contributed by atoms with Gasteiger partial charge in [0.25, 0.3) is 0 Å². The Kier molecular flexibility index (Phi) is 3.25. The highest BCUT2D eigenvalue weighted by Crippen LogP contribution is 2.34. The first-order chi connectivity index (χ1) is 10.0. The normalized spacial score (nSPS) is 13.3. The van der Waals surface area contributed by atoms with E-state index >= 15 is 0 Å². The summed E-state index contributed by atoms with van der Waals surface area (Å²) < 4.78 is 0. The topological polar surface area (TPSA) is 97.2 Å². The van der Waals surface area contributed by atoms with E-state index < -0.39 is 0 Å². The summed E-state index contributed by atoms with van der Waals surface area (Å²) >= 11 is 0. The Morgan fingerprint density at radius 2 is 2.00 bits per heavy atom. The lowest BCUT2D eigenvalue weighted by molar-refractivity contribution is 0.773. The maximum absolute atomic E-state index is 6.10. The van der Waals surface area contributed by atoms with Gasteiger partial charge in [-0.2, -0.15) is 15.0 Å². The summed E-state index contributed by atoms with van der Waals surface area (Å²) in [6.45, 7) is 1.49. The van der Waals surface area contributed by atoms with Crippen LogP contribution in [0, 0.1) is 0 Å². The molecular formula is C14H19N7. The number of fused-ring (bicyclic) bond motifs is 1. The highest BCUT2D eigenvalue weighted by atomic mass is 15.3. The van der Waals surface area contributed by atoms with Gasteiger partial charge in [0, 0.05) is 20.6 Å². The number of rotatable bonds is 3. The lowest BCUT2D eigenvalue weighted by atomic mass is 10.1. The van der Waals surface area contributed by atoms with Crippen molar-refractivity contribution in [2.45, 2.75) is 13.0 Å².